The first-order valence-corrected chi connectivity index (χ1v) is 7.78. The van der Waals surface area contributed by atoms with Crippen LogP contribution in [0.15, 0.2) is 11.1 Å². The molecular weight excluding hydrogens is 206 g/mol. The van der Waals surface area contributed by atoms with Crippen molar-refractivity contribution in [2.24, 2.45) is 11.8 Å². The van der Waals surface area contributed by atoms with Crippen LogP contribution in [0.1, 0.15) is 64.7 Å². The lowest BCUT2D eigenvalue weighted by Crippen LogP contribution is -2.49. The molecule has 2 heterocycles. The maximum Gasteiger partial charge on any atom is 0.0402 e. The molecule has 4 atom stereocenters. The van der Waals surface area contributed by atoms with E-state index in [2.05, 4.69) is 12.2 Å². The summed E-state index contributed by atoms with van der Waals surface area (Å²) in [6.45, 7) is 2.54. The zero-order valence-corrected chi connectivity index (χ0v) is 11.1. The lowest BCUT2D eigenvalue weighted by atomic mass is 9.68. The van der Waals surface area contributed by atoms with Gasteiger partial charge in [-0.2, -0.15) is 0 Å². The molecule has 0 aromatic carbocycles. The van der Waals surface area contributed by atoms with Crippen molar-refractivity contribution in [1.29, 1.82) is 0 Å². The van der Waals surface area contributed by atoms with Crippen molar-refractivity contribution in [3.05, 3.63) is 11.1 Å². The molecule has 2 bridgehead atoms. The van der Waals surface area contributed by atoms with Crippen molar-refractivity contribution in [3.8, 4) is 0 Å². The van der Waals surface area contributed by atoms with Gasteiger partial charge in [0.1, 0.15) is 0 Å². The van der Waals surface area contributed by atoms with Crippen LogP contribution in [0, 0.1) is 11.8 Å². The highest BCUT2D eigenvalue weighted by Crippen LogP contribution is 2.54. The molecule has 1 saturated heterocycles. The molecule has 2 aliphatic heterocycles. The molecular formula is C16H25N. The highest BCUT2D eigenvalue weighted by molar-refractivity contribution is 5.37. The first-order chi connectivity index (χ1) is 8.29. The van der Waals surface area contributed by atoms with Crippen molar-refractivity contribution in [2.45, 2.75) is 76.3 Å². The van der Waals surface area contributed by atoms with E-state index in [0.29, 0.717) is 5.54 Å². The molecule has 1 saturated carbocycles. The second-order valence-electron chi connectivity index (χ2n) is 7.00. The van der Waals surface area contributed by atoms with Crippen LogP contribution < -0.4 is 5.32 Å². The van der Waals surface area contributed by atoms with Gasteiger partial charge in [-0.1, -0.05) is 24.0 Å². The van der Waals surface area contributed by atoms with Gasteiger partial charge in [-0.15, -0.1) is 0 Å². The molecule has 17 heavy (non-hydrogen) atoms. The van der Waals surface area contributed by atoms with Gasteiger partial charge in [-0.05, 0) is 63.7 Å². The van der Waals surface area contributed by atoms with E-state index in [0.717, 1.165) is 17.9 Å². The number of hydrogen-bond donors (Lipinski definition) is 1. The predicted octanol–water partition coefficient (Wildman–Crippen LogP) is 3.80. The molecule has 0 unspecified atom stereocenters. The molecule has 2 aliphatic carbocycles. The quantitative estimate of drug-likeness (QED) is 0.625. The van der Waals surface area contributed by atoms with Gasteiger partial charge < -0.3 is 5.32 Å². The van der Waals surface area contributed by atoms with Gasteiger partial charge in [-0.3, -0.25) is 0 Å². The molecule has 0 amide bonds. The SMILES string of the molecule is C[C@]12N[C@H](CC3=C1CCCC3)[C@@H]1CCCC[C@@H]12. The predicted molar refractivity (Wildman–Crippen MR) is 70.9 cm³/mol. The molecule has 1 nitrogen and oxygen atoms in total. The summed E-state index contributed by atoms with van der Waals surface area (Å²) >= 11 is 0. The molecule has 1 heteroatoms. The Kier molecular flexibility index (Phi) is 2.25. The van der Waals surface area contributed by atoms with Crippen LogP contribution in [0.5, 0.6) is 0 Å². The summed E-state index contributed by atoms with van der Waals surface area (Å²) in [6.07, 6.45) is 13.1. The van der Waals surface area contributed by atoms with Crippen LogP contribution in [0.4, 0.5) is 0 Å². The maximum absolute atomic E-state index is 4.05. The Morgan fingerprint density at radius 1 is 1.06 bits per heavy atom. The zero-order chi connectivity index (χ0) is 11.5. The van der Waals surface area contributed by atoms with Crippen molar-refractivity contribution >= 4 is 0 Å². The van der Waals surface area contributed by atoms with Gasteiger partial charge in [0.15, 0.2) is 0 Å². The monoisotopic (exact) mass is 231 g/mol. The first-order valence-electron chi connectivity index (χ1n) is 7.78. The van der Waals surface area contributed by atoms with Crippen LogP contribution in [0.2, 0.25) is 0 Å². The first kappa shape index (κ1) is 10.6. The molecule has 2 fully saturated rings. The van der Waals surface area contributed by atoms with E-state index in [1.807, 2.05) is 11.1 Å². The summed E-state index contributed by atoms with van der Waals surface area (Å²) in [5, 5.41) is 4.05. The number of hydrogen-bond acceptors (Lipinski definition) is 1. The molecule has 0 aromatic heterocycles. The average molecular weight is 231 g/mol. The van der Waals surface area contributed by atoms with E-state index in [1.165, 1.54) is 57.8 Å². The van der Waals surface area contributed by atoms with Crippen molar-refractivity contribution in [3.63, 3.8) is 0 Å². The Balaban J connectivity index is 1.77. The molecule has 4 rings (SSSR count). The second-order valence-corrected chi connectivity index (χ2v) is 7.00. The fourth-order valence-electron chi connectivity index (χ4n) is 5.56. The molecule has 1 N–H and O–H groups in total. The number of fused-ring (bicyclic) bond motifs is 6. The highest BCUT2D eigenvalue weighted by atomic mass is 15.1. The Bertz CT molecular complexity index is 370. The fourth-order valence-corrected chi connectivity index (χ4v) is 5.56. The van der Waals surface area contributed by atoms with E-state index in [-0.39, 0.29) is 0 Å². The normalized spacial score (nSPS) is 48.9. The van der Waals surface area contributed by atoms with Gasteiger partial charge in [0, 0.05) is 11.6 Å². The van der Waals surface area contributed by atoms with Crippen molar-refractivity contribution in [2.75, 3.05) is 0 Å². The Morgan fingerprint density at radius 3 is 2.82 bits per heavy atom. The Morgan fingerprint density at radius 2 is 1.88 bits per heavy atom. The minimum atomic E-state index is 0.407. The van der Waals surface area contributed by atoms with Gasteiger partial charge in [-0.25, -0.2) is 0 Å². The van der Waals surface area contributed by atoms with Crippen LogP contribution >= 0.6 is 0 Å². The van der Waals surface area contributed by atoms with Gasteiger partial charge in [0.2, 0.25) is 0 Å². The minimum Gasteiger partial charge on any atom is -0.304 e. The van der Waals surface area contributed by atoms with E-state index >= 15 is 0 Å². The van der Waals surface area contributed by atoms with Crippen LogP contribution in [-0.2, 0) is 0 Å². The lowest BCUT2D eigenvalue weighted by molar-refractivity contribution is 0.220. The molecule has 0 aromatic rings. The summed E-state index contributed by atoms with van der Waals surface area (Å²) in [5.41, 5.74) is 4.13. The van der Waals surface area contributed by atoms with Crippen LogP contribution in [0.25, 0.3) is 0 Å². The van der Waals surface area contributed by atoms with Crippen molar-refractivity contribution in [1.82, 2.24) is 5.32 Å². The average Bonchev–Trinajstić information content (AvgIpc) is 2.61. The topological polar surface area (TPSA) is 12.0 Å². The van der Waals surface area contributed by atoms with E-state index < -0.39 is 0 Å². The van der Waals surface area contributed by atoms with E-state index in [1.54, 1.807) is 0 Å². The minimum absolute atomic E-state index is 0.407. The maximum atomic E-state index is 4.05. The van der Waals surface area contributed by atoms with Gasteiger partial charge in [0.25, 0.3) is 0 Å². The fraction of sp³-hybridized carbons (Fsp3) is 0.875. The summed E-state index contributed by atoms with van der Waals surface area (Å²) in [6, 6.07) is 0.835. The second kappa shape index (κ2) is 3.60. The van der Waals surface area contributed by atoms with Gasteiger partial charge >= 0.3 is 0 Å². The van der Waals surface area contributed by atoms with E-state index in [4.69, 9.17) is 0 Å². The van der Waals surface area contributed by atoms with Crippen LogP contribution in [-0.4, -0.2) is 11.6 Å². The summed E-state index contributed by atoms with van der Waals surface area (Å²) in [7, 11) is 0. The van der Waals surface area contributed by atoms with Crippen molar-refractivity contribution < 1.29 is 0 Å². The summed E-state index contributed by atoms with van der Waals surface area (Å²) in [5.74, 6) is 1.96. The smallest absolute Gasteiger partial charge is 0.0402 e. The third-order valence-electron chi connectivity index (χ3n) is 6.24. The molecule has 0 radical (unpaired) electrons. The zero-order valence-electron chi connectivity index (χ0n) is 11.1. The highest BCUT2D eigenvalue weighted by Gasteiger charge is 2.55. The molecule has 0 spiro atoms. The Labute approximate surface area is 105 Å². The third-order valence-corrected chi connectivity index (χ3v) is 6.24. The van der Waals surface area contributed by atoms with Gasteiger partial charge in [0.05, 0.1) is 0 Å². The summed E-state index contributed by atoms with van der Waals surface area (Å²) < 4.78 is 0. The molecule has 4 aliphatic rings. The van der Waals surface area contributed by atoms with Crippen LogP contribution in [0.3, 0.4) is 0 Å². The largest absolute Gasteiger partial charge is 0.304 e. The Hall–Kier alpha value is -0.300. The third kappa shape index (κ3) is 1.35. The summed E-state index contributed by atoms with van der Waals surface area (Å²) in [4.78, 5) is 0. The number of rotatable bonds is 0. The van der Waals surface area contributed by atoms with E-state index in [9.17, 15) is 0 Å². The number of nitrogens with one attached hydrogen (secondary N) is 1. The molecule has 94 valence electrons. The standard InChI is InChI=1S/C16H25N/c1-16-13-8-4-2-6-11(13)10-15(17-16)12-7-3-5-9-14(12)16/h12,14-15,17H,2-10H2,1H3/t12-,14+,15-,16+/m1/s1. The lowest BCUT2D eigenvalue weighted by Gasteiger charge is -2.42.